The van der Waals surface area contributed by atoms with Crippen LogP contribution in [0.2, 0.25) is 0 Å². The van der Waals surface area contributed by atoms with Crippen molar-refractivity contribution in [2.45, 2.75) is 6.92 Å². The van der Waals surface area contributed by atoms with E-state index in [1.165, 1.54) is 0 Å². The van der Waals surface area contributed by atoms with Gasteiger partial charge in [0.05, 0.1) is 6.54 Å². The molecule has 2 nitrogen and oxygen atoms in total. The minimum absolute atomic E-state index is 0.316. The molecule has 0 aromatic heterocycles. The van der Waals surface area contributed by atoms with E-state index in [0.717, 1.165) is 10.7 Å². The number of aryl methyl sites for hydroxylation is 1. The van der Waals surface area contributed by atoms with Crippen LogP contribution in [0.4, 0.5) is 10.2 Å². The van der Waals surface area contributed by atoms with Crippen molar-refractivity contribution in [1.29, 1.82) is 0 Å². The number of ether oxygens (including phenoxy) is 1. The molecular formula is C9H10FNO. The monoisotopic (exact) mass is 167 g/mol. The summed E-state index contributed by atoms with van der Waals surface area (Å²) in [5.41, 5.74) is 1.59. The Hall–Kier alpha value is -1.25. The molecule has 1 aromatic carbocycles. The van der Waals surface area contributed by atoms with Gasteiger partial charge in [-0.25, -0.2) is 5.12 Å². The predicted octanol–water partition coefficient (Wildman–Crippen LogP) is 2.08. The molecule has 0 saturated heterocycles. The maximum absolute atomic E-state index is 13.1. The summed E-state index contributed by atoms with van der Waals surface area (Å²) in [5.74, 6) is 0.634. The smallest absolute Gasteiger partial charge is 0.145 e. The molecule has 0 bridgehead atoms. The van der Waals surface area contributed by atoms with Gasteiger partial charge in [0.2, 0.25) is 0 Å². The number of nitrogens with zero attached hydrogens (tertiary/aromatic N) is 1. The van der Waals surface area contributed by atoms with Crippen LogP contribution in [-0.2, 0) is 0 Å². The van der Waals surface area contributed by atoms with Crippen molar-refractivity contribution in [2.75, 3.05) is 18.3 Å². The Balaban J connectivity index is 2.47. The Morgan fingerprint density at radius 2 is 2.33 bits per heavy atom. The first-order valence-electron chi connectivity index (χ1n) is 3.94. The normalized spacial score (nSPS) is 15.3. The highest BCUT2D eigenvalue weighted by atomic mass is 19.2. The first-order chi connectivity index (χ1) is 5.77. The number of hydrogen-bond donors (Lipinski definition) is 0. The van der Waals surface area contributed by atoms with E-state index in [1.54, 1.807) is 12.1 Å². The molecule has 0 amide bonds. The van der Waals surface area contributed by atoms with Gasteiger partial charge in [-0.05, 0) is 24.6 Å². The molecule has 1 aliphatic rings. The van der Waals surface area contributed by atoms with Gasteiger partial charge in [0, 0.05) is 0 Å². The fourth-order valence-electron chi connectivity index (χ4n) is 1.30. The van der Waals surface area contributed by atoms with Crippen LogP contribution in [-0.4, -0.2) is 13.2 Å². The molecule has 1 aromatic rings. The zero-order chi connectivity index (χ0) is 8.55. The molecule has 0 aliphatic carbocycles. The third-order valence-corrected chi connectivity index (χ3v) is 1.92. The van der Waals surface area contributed by atoms with Crippen molar-refractivity contribution in [3.63, 3.8) is 0 Å². The minimum atomic E-state index is 0.316. The molecule has 0 unspecified atom stereocenters. The van der Waals surface area contributed by atoms with Crippen LogP contribution in [0.5, 0.6) is 5.75 Å². The zero-order valence-electron chi connectivity index (χ0n) is 6.88. The number of halogens is 1. The van der Waals surface area contributed by atoms with Crippen molar-refractivity contribution in [1.82, 2.24) is 0 Å². The molecule has 64 valence electrons. The van der Waals surface area contributed by atoms with Crippen molar-refractivity contribution >= 4 is 5.69 Å². The van der Waals surface area contributed by atoms with Gasteiger partial charge in [0.15, 0.2) is 0 Å². The standard InChI is InChI=1S/C9H10FNO/c1-7-2-3-9-8(6-7)11(10)4-5-12-9/h2-3,6H,4-5H2,1H3. The summed E-state index contributed by atoms with van der Waals surface area (Å²) in [6.45, 7) is 2.67. The van der Waals surface area contributed by atoms with E-state index >= 15 is 0 Å². The molecule has 0 spiro atoms. The van der Waals surface area contributed by atoms with Gasteiger partial charge in [-0.3, -0.25) is 0 Å². The largest absolute Gasteiger partial charge is 0.489 e. The molecule has 3 heteroatoms. The third kappa shape index (κ3) is 1.11. The summed E-state index contributed by atoms with van der Waals surface area (Å²) in [5, 5.41) is 0.728. The van der Waals surface area contributed by atoms with Gasteiger partial charge in [0.25, 0.3) is 0 Å². The minimum Gasteiger partial charge on any atom is -0.489 e. The maximum Gasteiger partial charge on any atom is 0.145 e. The second-order valence-corrected chi connectivity index (χ2v) is 2.91. The highest BCUT2D eigenvalue weighted by Crippen LogP contribution is 2.32. The molecule has 2 rings (SSSR count). The van der Waals surface area contributed by atoms with Crippen LogP contribution in [0.15, 0.2) is 18.2 Å². The summed E-state index contributed by atoms with van der Waals surface area (Å²) >= 11 is 0. The number of fused-ring (bicyclic) bond motifs is 1. The first-order valence-corrected chi connectivity index (χ1v) is 3.94. The molecule has 0 saturated carbocycles. The van der Waals surface area contributed by atoms with Crippen LogP contribution in [0.25, 0.3) is 0 Å². The Morgan fingerprint density at radius 1 is 1.50 bits per heavy atom. The lowest BCUT2D eigenvalue weighted by molar-refractivity contribution is 0.267. The van der Waals surface area contributed by atoms with E-state index < -0.39 is 0 Å². The van der Waals surface area contributed by atoms with Crippen LogP contribution in [0, 0.1) is 6.92 Å². The Kier molecular flexibility index (Phi) is 1.64. The molecule has 0 radical (unpaired) electrons. The highest BCUT2D eigenvalue weighted by Gasteiger charge is 2.16. The van der Waals surface area contributed by atoms with Crippen LogP contribution >= 0.6 is 0 Å². The summed E-state index contributed by atoms with van der Waals surface area (Å²) in [6.07, 6.45) is 0. The Labute approximate surface area is 70.5 Å². The van der Waals surface area contributed by atoms with Crippen molar-refractivity contribution in [2.24, 2.45) is 0 Å². The number of rotatable bonds is 0. The molecule has 0 atom stereocenters. The van der Waals surface area contributed by atoms with Gasteiger partial charge in [0.1, 0.15) is 18.0 Å². The summed E-state index contributed by atoms with van der Waals surface area (Å²) in [7, 11) is 0. The van der Waals surface area contributed by atoms with E-state index in [2.05, 4.69) is 0 Å². The van der Waals surface area contributed by atoms with Crippen molar-refractivity contribution in [3.05, 3.63) is 23.8 Å². The van der Waals surface area contributed by atoms with Gasteiger partial charge in [-0.2, -0.15) is 0 Å². The molecule has 0 fully saturated rings. The molecular weight excluding hydrogens is 157 g/mol. The number of hydrogen-bond acceptors (Lipinski definition) is 2. The fraction of sp³-hybridized carbons (Fsp3) is 0.333. The second-order valence-electron chi connectivity index (χ2n) is 2.91. The highest BCUT2D eigenvalue weighted by molar-refractivity contribution is 5.59. The van der Waals surface area contributed by atoms with Gasteiger partial charge >= 0.3 is 0 Å². The lowest BCUT2D eigenvalue weighted by Gasteiger charge is -2.23. The predicted molar refractivity (Wildman–Crippen MR) is 45.1 cm³/mol. The van der Waals surface area contributed by atoms with Crippen LogP contribution in [0.3, 0.4) is 0 Å². The van der Waals surface area contributed by atoms with Crippen LogP contribution < -0.4 is 9.86 Å². The van der Waals surface area contributed by atoms with E-state index in [4.69, 9.17) is 4.74 Å². The first kappa shape index (κ1) is 7.40. The zero-order valence-corrected chi connectivity index (χ0v) is 6.88. The number of anilines is 1. The molecule has 0 N–H and O–H groups in total. The van der Waals surface area contributed by atoms with Gasteiger partial charge in [-0.1, -0.05) is 10.5 Å². The summed E-state index contributed by atoms with van der Waals surface area (Å²) in [6, 6.07) is 5.50. The van der Waals surface area contributed by atoms with E-state index in [1.807, 2.05) is 13.0 Å². The molecule has 1 aliphatic heterocycles. The second kappa shape index (κ2) is 2.66. The quantitative estimate of drug-likeness (QED) is 0.548. The van der Waals surface area contributed by atoms with Crippen molar-refractivity contribution in [3.8, 4) is 5.75 Å². The Bertz CT molecular complexity index is 301. The summed E-state index contributed by atoms with van der Waals surface area (Å²) in [4.78, 5) is 0. The third-order valence-electron chi connectivity index (χ3n) is 1.92. The number of benzene rings is 1. The average Bonchev–Trinajstić information content (AvgIpc) is 2.07. The SMILES string of the molecule is Cc1ccc2c(c1)N(F)CCO2. The van der Waals surface area contributed by atoms with E-state index in [0.29, 0.717) is 24.6 Å². The lowest BCUT2D eigenvalue weighted by Crippen LogP contribution is -2.25. The lowest BCUT2D eigenvalue weighted by atomic mass is 10.2. The average molecular weight is 167 g/mol. The fourth-order valence-corrected chi connectivity index (χ4v) is 1.30. The topological polar surface area (TPSA) is 12.5 Å². The van der Waals surface area contributed by atoms with Gasteiger partial charge < -0.3 is 4.74 Å². The maximum atomic E-state index is 13.1. The molecule has 12 heavy (non-hydrogen) atoms. The van der Waals surface area contributed by atoms with E-state index in [-0.39, 0.29) is 0 Å². The van der Waals surface area contributed by atoms with Gasteiger partial charge in [-0.15, -0.1) is 0 Å². The molecule has 1 heterocycles. The van der Waals surface area contributed by atoms with E-state index in [9.17, 15) is 4.48 Å². The summed E-state index contributed by atoms with van der Waals surface area (Å²) < 4.78 is 18.4. The van der Waals surface area contributed by atoms with Crippen molar-refractivity contribution < 1.29 is 9.22 Å². The Morgan fingerprint density at radius 3 is 3.17 bits per heavy atom. The van der Waals surface area contributed by atoms with Crippen LogP contribution in [0.1, 0.15) is 5.56 Å².